The number of esters is 1. The van der Waals surface area contributed by atoms with E-state index in [9.17, 15) is 14.4 Å². The van der Waals surface area contributed by atoms with E-state index in [1.807, 2.05) is 13.0 Å². The zero-order valence-electron chi connectivity index (χ0n) is 17.3. The van der Waals surface area contributed by atoms with Gasteiger partial charge in [-0.05, 0) is 36.1 Å². The predicted molar refractivity (Wildman–Crippen MR) is 113 cm³/mol. The molecule has 2 amide bonds. The average Bonchev–Trinajstić information content (AvgIpc) is 3.30. The summed E-state index contributed by atoms with van der Waals surface area (Å²) < 4.78 is 15.6. The summed E-state index contributed by atoms with van der Waals surface area (Å²) in [6.45, 7) is 2.45. The van der Waals surface area contributed by atoms with Crippen LogP contribution < -0.4 is 14.8 Å². The minimum Gasteiger partial charge on any atom is -0.493 e. The van der Waals surface area contributed by atoms with Crippen molar-refractivity contribution in [2.75, 3.05) is 33.9 Å². The van der Waals surface area contributed by atoms with Gasteiger partial charge in [0.15, 0.2) is 18.1 Å². The Hall–Kier alpha value is -3.07. The molecule has 1 heterocycles. The molecule has 30 heavy (non-hydrogen) atoms. The normalized spacial score (nSPS) is 10.2. The van der Waals surface area contributed by atoms with Crippen LogP contribution in [0.15, 0.2) is 35.0 Å². The lowest BCUT2D eigenvalue weighted by Crippen LogP contribution is -2.34. The number of carbonyl (C=O) groups is 3. The summed E-state index contributed by atoms with van der Waals surface area (Å²) in [5.41, 5.74) is 1.42. The van der Waals surface area contributed by atoms with Crippen LogP contribution in [0.4, 0.5) is 0 Å². The Balaban J connectivity index is 1.77. The molecule has 8 nitrogen and oxygen atoms in total. The first-order valence-electron chi connectivity index (χ1n) is 9.43. The van der Waals surface area contributed by atoms with Crippen molar-refractivity contribution in [3.05, 3.63) is 46.2 Å². The van der Waals surface area contributed by atoms with E-state index in [2.05, 4.69) is 5.32 Å². The van der Waals surface area contributed by atoms with Crippen molar-refractivity contribution in [1.82, 2.24) is 10.2 Å². The lowest BCUT2D eigenvalue weighted by molar-refractivity contribution is -0.152. The molecule has 0 atom stereocenters. The first-order chi connectivity index (χ1) is 14.5. The molecule has 0 spiro atoms. The molecule has 1 aromatic carbocycles. The molecule has 2 aromatic rings. The first kappa shape index (κ1) is 23.2. The third kappa shape index (κ3) is 6.77. The number of nitrogens with one attached hydrogen (secondary N) is 1. The molecule has 0 radical (unpaired) electrons. The van der Waals surface area contributed by atoms with Gasteiger partial charge in [0.25, 0.3) is 11.8 Å². The number of methoxy groups -OCH3 is 2. The van der Waals surface area contributed by atoms with Gasteiger partial charge in [-0.1, -0.05) is 6.07 Å². The van der Waals surface area contributed by atoms with Crippen molar-refractivity contribution >= 4 is 29.1 Å². The van der Waals surface area contributed by atoms with Gasteiger partial charge in [-0.25, -0.2) is 0 Å². The number of hydrogen-bond acceptors (Lipinski definition) is 7. The maximum absolute atomic E-state index is 12.4. The summed E-state index contributed by atoms with van der Waals surface area (Å²) in [5, 5.41) is 6.17. The van der Waals surface area contributed by atoms with Crippen molar-refractivity contribution in [2.24, 2.45) is 0 Å². The van der Waals surface area contributed by atoms with Crippen LogP contribution in [0.25, 0.3) is 0 Å². The highest BCUT2D eigenvalue weighted by Crippen LogP contribution is 2.28. The number of nitrogens with zero attached hydrogens (tertiary/aromatic N) is 1. The monoisotopic (exact) mass is 434 g/mol. The molecule has 162 valence electrons. The largest absolute Gasteiger partial charge is 0.493 e. The summed E-state index contributed by atoms with van der Waals surface area (Å²) in [6.07, 6.45) is -0.00897. The number of ether oxygens (including phenoxy) is 3. The molecule has 0 fully saturated rings. The fourth-order valence-corrected chi connectivity index (χ4v) is 3.29. The summed E-state index contributed by atoms with van der Waals surface area (Å²) >= 11 is 1.42. The SMILES string of the molecule is CCN(Cc1ccc(OC)c(OC)c1)C(=O)COC(=O)CCNC(=O)c1ccsc1. The van der Waals surface area contributed by atoms with Crippen LogP contribution in [0.2, 0.25) is 0 Å². The lowest BCUT2D eigenvalue weighted by atomic mass is 10.2. The van der Waals surface area contributed by atoms with Crippen LogP contribution in [0.3, 0.4) is 0 Å². The van der Waals surface area contributed by atoms with Crippen LogP contribution in [-0.2, 0) is 20.9 Å². The van der Waals surface area contributed by atoms with E-state index in [1.54, 1.807) is 48.1 Å². The molecular weight excluding hydrogens is 408 g/mol. The third-order valence-corrected chi connectivity index (χ3v) is 4.99. The number of carbonyl (C=O) groups excluding carboxylic acids is 3. The van der Waals surface area contributed by atoms with E-state index < -0.39 is 5.97 Å². The molecule has 0 unspecified atom stereocenters. The zero-order chi connectivity index (χ0) is 21.9. The molecule has 0 saturated heterocycles. The number of rotatable bonds is 11. The van der Waals surface area contributed by atoms with Crippen molar-refractivity contribution in [3.63, 3.8) is 0 Å². The Kier molecular flexibility index (Phi) is 9.14. The van der Waals surface area contributed by atoms with Gasteiger partial charge in [-0.2, -0.15) is 11.3 Å². The topological polar surface area (TPSA) is 94.2 Å². The van der Waals surface area contributed by atoms with Gasteiger partial charge in [0.2, 0.25) is 0 Å². The second kappa shape index (κ2) is 11.8. The van der Waals surface area contributed by atoms with Crippen molar-refractivity contribution < 1.29 is 28.6 Å². The second-order valence-electron chi connectivity index (χ2n) is 6.28. The summed E-state index contributed by atoms with van der Waals surface area (Å²) in [5.74, 6) is 0.0939. The van der Waals surface area contributed by atoms with Crippen LogP contribution in [-0.4, -0.2) is 56.6 Å². The molecule has 9 heteroatoms. The van der Waals surface area contributed by atoms with Crippen LogP contribution >= 0.6 is 11.3 Å². The lowest BCUT2D eigenvalue weighted by Gasteiger charge is -2.21. The highest BCUT2D eigenvalue weighted by Gasteiger charge is 2.16. The van der Waals surface area contributed by atoms with Gasteiger partial charge >= 0.3 is 5.97 Å². The summed E-state index contributed by atoms with van der Waals surface area (Å²) in [7, 11) is 3.11. The maximum Gasteiger partial charge on any atom is 0.308 e. The molecule has 0 bridgehead atoms. The van der Waals surface area contributed by atoms with E-state index in [4.69, 9.17) is 14.2 Å². The molecular formula is C21H26N2O6S. The fraction of sp³-hybridized carbons (Fsp3) is 0.381. The average molecular weight is 435 g/mol. The Morgan fingerprint density at radius 1 is 1.10 bits per heavy atom. The van der Waals surface area contributed by atoms with Gasteiger partial charge in [0.1, 0.15) is 0 Å². The molecule has 0 saturated carbocycles. The Bertz CT molecular complexity index is 853. The van der Waals surface area contributed by atoms with Crippen LogP contribution in [0.1, 0.15) is 29.3 Å². The summed E-state index contributed by atoms with van der Waals surface area (Å²) in [4.78, 5) is 37.7. The quantitative estimate of drug-likeness (QED) is 0.546. The first-order valence-corrected chi connectivity index (χ1v) is 10.4. The van der Waals surface area contributed by atoms with Crippen LogP contribution in [0, 0.1) is 0 Å². The predicted octanol–water partition coefficient (Wildman–Crippen LogP) is 2.48. The van der Waals surface area contributed by atoms with Crippen LogP contribution in [0.5, 0.6) is 11.5 Å². The number of amides is 2. The smallest absolute Gasteiger partial charge is 0.308 e. The van der Waals surface area contributed by atoms with E-state index in [0.717, 1.165) is 5.56 Å². The molecule has 1 aromatic heterocycles. The van der Waals surface area contributed by atoms with Gasteiger partial charge in [0.05, 0.1) is 20.6 Å². The maximum atomic E-state index is 12.4. The molecule has 0 aliphatic carbocycles. The van der Waals surface area contributed by atoms with E-state index in [-0.39, 0.29) is 31.4 Å². The van der Waals surface area contributed by atoms with E-state index in [1.165, 1.54) is 11.3 Å². The fourth-order valence-electron chi connectivity index (χ4n) is 2.66. The molecule has 2 rings (SSSR count). The Morgan fingerprint density at radius 2 is 1.87 bits per heavy atom. The van der Waals surface area contributed by atoms with Gasteiger partial charge < -0.3 is 24.4 Å². The van der Waals surface area contributed by atoms with Gasteiger partial charge in [-0.15, -0.1) is 0 Å². The Morgan fingerprint density at radius 3 is 2.50 bits per heavy atom. The third-order valence-electron chi connectivity index (χ3n) is 4.31. The number of hydrogen-bond donors (Lipinski definition) is 1. The van der Waals surface area contributed by atoms with Crippen molar-refractivity contribution in [1.29, 1.82) is 0 Å². The second-order valence-corrected chi connectivity index (χ2v) is 7.06. The summed E-state index contributed by atoms with van der Waals surface area (Å²) in [6, 6.07) is 7.13. The highest BCUT2D eigenvalue weighted by molar-refractivity contribution is 7.08. The highest BCUT2D eigenvalue weighted by atomic mass is 32.1. The van der Waals surface area contributed by atoms with Gasteiger partial charge in [0, 0.05) is 30.6 Å². The molecule has 0 aliphatic rings. The molecule has 0 aliphatic heterocycles. The number of benzene rings is 1. The zero-order valence-corrected chi connectivity index (χ0v) is 18.1. The van der Waals surface area contributed by atoms with E-state index in [0.29, 0.717) is 30.2 Å². The minimum atomic E-state index is -0.545. The number of thiophene rings is 1. The van der Waals surface area contributed by atoms with E-state index >= 15 is 0 Å². The Labute approximate surface area is 179 Å². The number of likely N-dealkylation sites (N-methyl/N-ethyl adjacent to an activating group) is 1. The standard InChI is InChI=1S/C21H26N2O6S/c1-4-23(12-15-5-6-17(27-2)18(11-15)28-3)19(24)13-29-20(25)7-9-22-21(26)16-8-10-30-14-16/h5-6,8,10-11,14H,4,7,9,12-13H2,1-3H3,(H,22,26). The van der Waals surface area contributed by atoms with Gasteiger partial charge in [-0.3, -0.25) is 14.4 Å². The minimum absolute atomic E-state index is 0.00897. The van der Waals surface area contributed by atoms with Crippen molar-refractivity contribution in [2.45, 2.75) is 19.9 Å². The molecule has 1 N–H and O–H groups in total. The van der Waals surface area contributed by atoms with Crippen molar-refractivity contribution in [3.8, 4) is 11.5 Å².